The van der Waals surface area contributed by atoms with Crippen molar-refractivity contribution in [2.75, 3.05) is 11.9 Å². The van der Waals surface area contributed by atoms with E-state index in [2.05, 4.69) is 5.32 Å². The molecule has 19 heavy (non-hydrogen) atoms. The van der Waals surface area contributed by atoms with Gasteiger partial charge in [-0.1, -0.05) is 0 Å². The molecule has 0 amide bonds. The number of benzene rings is 1. The van der Waals surface area contributed by atoms with Gasteiger partial charge in [0.2, 0.25) is 0 Å². The van der Waals surface area contributed by atoms with E-state index in [-0.39, 0.29) is 12.2 Å². The highest BCUT2D eigenvalue weighted by atomic mass is 19.4. The molecule has 5 nitrogen and oxygen atoms in total. The maximum atomic E-state index is 12.7. The zero-order valence-corrected chi connectivity index (χ0v) is 10.3. The fraction of sp³-hybridized carbons (Fsp3) is 0.455. The number of alkyl halides is 3. The lowest BCUT2D eigenvalue weighted by atomic mass is 10.1. The van der Waals surface area contributed by atoms with Crippen LogP contribution in [0.3, 0.4) is 0 Å². The quantitative estimate of drug-likeness (QED) is 0.656. The summed E-state index contributed by atoms with van der Waals surface area (Å²) < 4.78 is 38.0. The normalized spacial score (nSPS) is 12.3. The summed E-state index contributed by atoms with van der Waals surface area (Å²) in [5, 5.41) is 22.6. The Kier molecular flexibility index (Phi) is 4.04. The summed E-state index contributed by atoms with van der Waals surface area (Å²) in [6.07, 6.45) is -4.81. The topological polar surface area (TPSA) is 75.4 Å². The number of hydrogen-bond acceptors (Lipinski definition) is 4. The Labute approximate surface area is 107 Å². The number of rotatable bonds is 4. The second-order valence-electron chi connectivity index (χ2n) is 4.65. The summed E-state index contributed by atoms with van der Waals surface area (Å²) in [4.78, 5) is 9.46. The Balaban J connectivity index is 3.09. The van der Waals surface area contributed by atoms with Crippen LogP contribution in [0.2, 0.25) is 0 Å². The summed E-state index contributed by atoms with van der Waals surface area (Å²) >= 11 is 0. The van der Waals surface area contributed by atoms with Gasteiger partial charge in [0, 0.05) is 18.3 Å². The van der Waals surface area contributed by atoms with Crippen molar-refractivity contribution in [2.24, 2.45) is 0 Å². The molecule has 0 fully saturated rings. The van der Waals surface area contributed by atoms with E-state index in [1.54, 1.807) is 0 Å². The molecule has 0 heterocycles. The number of nitrogens with one attached hydrogen (secondary N) is 1. The zero-order chi connectivity index (χ0) is 14.8. The highest BCUT2D eigenvalue weighted by Gasteiger charge is 2.38. The Bertz CT molecular complexity index is 481. The summed E-state index contributed by atoms with van der Waals surface area (Å²) in [6, 6.07) is 2.61. The van der Waals surface area contributed by atoms with Crippen molar-refractivity contribution in [1.82, 2.24) is 0 Å². The van der Waals surface area contributed by atoms with Gasteiger partial charge in [-0.2, -0.15) is 13.2 Å². The van der Waals surface area contributed by atoms with E-state index in [4.69, 9.17) is 0 Å². The maximum absolute atomic E-state index is 12.7. The Morgan fingerprint density at radius 2 is 1.95 bits per heavy atom. The van der Waals surface area contributed by atoms with Gasteiger partial charge in [0.1, 0.15) is 5.56 Å². The molecule has 0 spiro atoms. The summed E-state index contributed by atoms with van der Waals surface area (Å²) in [5.41, 5.74) is -3.38. The number of halogens is 3. The third-order valence-electron chi connectivity index (χ3n) is 2.22. The Morgan fingerprint density at radius 3 is 2.37 bits per heavy atom. The molecule has 1 aromatic carbocycles. The first-order valence-corrected chi connectivity index (χ1v) is 5.32. The first-order valence-electron chi connectivity index (χ1n) is 5.32. The molecule has 1 rings (SSSR count). The average Bonchev–Trinajstić information content (AvgIpc) is 2.23. The first-order chi connectivity index (χ1) is 8.50. The van der Waals surface area contributed by atoms with Crippen molar-refractivity contribution >= 4 is 11.4 Å². The third-order valence-corrected chi connectivity index (χ3v) is 2.22. The second-order valence-corrected chi connectivity index (χ2v) is 4.65. The van der Waals surface area contributed by atoms with Gasteiger partial charge in [-0.3, -0.25) is 10.1 Å². The van der Waals surface area contributed by atoms with E-state index in [9.17, 15) is 28.4 Å². The van der Waals surface area contributed by atoms with Crippen molar-refractivity contribution in [3.05, 3.63) is 33.9 Å². The van der Waals surface area contributed by atoms with Gasteiger partial charge in [-0.25, -0.2) is 0 Å². The van der Waals surface area contributed by atoms with E-state index in [0.29, 0.717) is 6.07 Å². The monoisotopic (exact) mass is 278 g/mol. The van der Waals surface area contributed by atoms with Gasteiger partial charge < -0.3 is 10.4 Å². The van der Waals surface area contributed by atoms with Gasteiger partial charge in [0.05, 0.1) is 10.5 Å². The van der Waals surface area contributed by atoms with Crippen molar-refractivity contribution in [1.29, 1.82) is 0 Å². The lowest BCUT2D eigenvalue weighted by Gasteiger charge is -2.19. The minimum atomic E-state index is -4.81. The molecule has 1 aromatic rings. The van der Waals surface area contributed by atoms with Crippen LogP contribution in [0.4, 0.5) is 24.5 Å². The van der Waals surface area contributed by atoms with Crippen LogP contribution in [0.1, 0.15) is 19.4 Å². The third kappa shape index (κ3) is 4.40. The van der Waals surface area contributed by atoms with Crippen molar-refractivity contribution in [3.63, 3.8) is 0 Å². The smallest absolute Gasteiger partial charge is 0.389 e. The van der Waals surface area contributed by atoms with Gasteiger partial charge in [0.25, 0.3) is 5.69 Å². The summed E-state index contributed by atoms with van der Waals surface area (Å²) in [6.45, 7) is 2.98. The molecule has 106 valence electrons. The maximum Gasteiger partial charge on any atom is 0.423 e. The van der Waals surface area contributed by atoms with E-state index in [0.717, 1.165) is 6.07 Å². The van der Waals surface area contributed by atoms with E-state index < -0.39 is 28.0 Å². The van der Waals surface area contributed by atoms with Crippen LogP contribution < -0.4 is 5.32 Å². The van der Waals surface area contributed by atoms with Crippen LogP contribution in [0, 0.1) is 10.1 Å². The van der Waals surface area contributed by atoms with Crippen molar-refractivity contribution in [2.45, 2.75) is 25.6 Å². The molecule has 0 radical (unpaired) electrons. The van der Waals surface area contributed by atoms with Crippen LogP contribution in [0.15, 0.2) is 18.2 Å². The molecule has 0 bridgehead atoms. The minimum absolute atomic E-state index is 0.0160. The van der Waals surface area contributed by atoms with Crippen LogP contribution in [-0.4, -0.2) is 22.2 Å². The van der Waals surface area contributed by atoms with E-state index in [1.165, 1.54) is 19.9 Å². The number of nitro benzene ring substituents is 1. The van der Waals surface area contributed by atoms with Crippen molar-refractivity contribution < 1.29 is 23.2 Å². The molecule has 8 heteroatoms. The Hall–Kier alpha value is -1.83. The number of hydrogen-bond donors (Lipinski definition) is 2. The fourth-order valence-electron chi connectivity index (χ4n) is 1.35. The van der Waals surface area contributed by atoms with Crippen LogP contribution in [0.5, 0.6) is 0 Å². The molecule has 0 saturated carbocycles. The van der Waals surface area contributed by atoms with Crippen LogP contribution in [-0.2, 0) is 6.18 Å². The highest BCUT2D eigenvalue weighted by Crippen LogP contribution is 2.37. The molecule has 0 aliphatic heterocycles. The predicted octanol–water partition coefficient (Wildman–Crippen LogP) is 2.80. The van der Waals surface area contributed by atoms with Crippen LogP contribution in [0.25, 0.3) is 0 Å². The Morgan fingerprint density at radius 1 is 1.37 bits per heavy atom. The molecule has 2 N–H and O–H groups in total. The van der Waals surface area contributed by atoms with E-state index >= 15 is 0 Å². The van der Waals surface area contributed by atoms with Crippen molar-refractivity contribution in [3.8, 4) is 0 Å². The molecule has 0 aliphatic carbocycles. The SMILES string of the molecule is CC(C)(O)CNc1ccc([N+](=O)[O-])c(C(F)(F)F)c1. The minimum Gasteiger partial charge on any atom is -0.389 e. The van der Waals surface area contributed by atoms with Gasteiger partial charge >= 0.3 is 6.18 Å². The fourth-order valence-corrected chi connectivity index (χ4v) is 1.35. The second kappa shape index (κ2) is 5.04. The molecule has 0 saturated heterocycles. The first kappa shape index (κ1) is 15.2. The largest absolute Gasteiger partial charge is 0.423 e. The summed E-state index contributed by atoms with van der Waals surface area (Å²) in [5.74, 6) is 0. The predicted molar refractivity (Wildman–Crippen MR) is 62.9 cm³/mol. The molecular formula is C11H13F3N2O3. The van der Waals surface area contributed by atoms with Crippen LogP contribution >= 0.6 is 0 Å². The summed E-state index contributed by atoms with van der Waals surface area (Å²) in [7, 11) is 0. The lowest BCUT2D eigenvalue weighted by Crippen LogP contribution is -2.29. The number of nitrogens with zero attached hydrogens (tertiary/aromatic N) is 1. The molecule has 0 aromatic heterocycles. The van der Waals surface area contributed by atoms with Gasteiger partial charge in [-0.05, 0) is 26.0 Å². The van der Waals surface area contributed by atoms with Gasteiger partial charge in [-0.15, -0.1) is 0 Å². The average molecular weight is 278 g/mol. The van der Waals surface area contributed by atoms with E-state index in [1.807, 2.05) is 0 Å². The molecule has 0 unspecified atom stereocenters. The van der Waals surface area contributed by atoms with Gasteiger partial charge in [0.15, 0.2) is 0 Å². The standard InChI is InChI=1S/C11H13F3N2O3/c1-10(2,17)6-15-7-3-4-9(16(18)19)8(5-7)11(12,13)14/h3-5,15,17H,6H2,1-2H3. The number of anilines is 1. The highest BCUT2D eigenvalue weighted by molar-refractivity contribution is 5.55. The molecule has 0 atom stereocenters. The number of aliphatic hydroxyl groups is 1. The molecular weight excluding hydrogens is 265 g/mol. The number of nitro groups is 1. The molecule has 0 aliphatic rings. The zero-order valence-electron chi connectivity index (χ0n) is 10.3. The lowest BCUT2D eigenvalue weighted by molar-refractivity contribution is -0.388.